The Labute approximate surface area is 88.7 Å². The smallest absolute Gasteiger partial charge is 0.269 e. The van der Waals surface area contributed by atoms with Crippen molar-refractivity contribution in [2.75, 3.05) is 18.0 Å². The van der Waals surface area contributed by atoms with Crippen molar-refractivity contribution in [1.29, 1.82) is 0 Å². The van der Waals surface area contributed by atoms with Gasteiger partial charge in [-0.3, -0.25) is 10.1 Å². The fraction of sp³-hybridized carbons (Fsp3) is 0.455. The number of nitrogens with zero attached hydrogens (tertiary/aromatic N) is 2. The van der Waals surface area contributed by atoms with Crippen molar-refractivity contribution in [2.24, 2.45) is 5.92 Å². The summed E-state index contributed by atoms with van der Waals surface area (Å²) in [6, 6.07) is 6.79. The zero-order valence-corrected chi connectivity index (χ0v) is 8.72. The van der Waals surface area contributed by atoms with E-state index in [9.17, 15) is 10.1 Å². The fourth-order valence-electron chi connectivity index (χ4n) is 1.95. The molecule has 1 heterocycles. The minimum Gasteiger partial charge on any atom is -0.371 e. The molecule has 0 aromatic heterocycles. The van der Waals surface area contributed by atoms with E-state index in [2.05, 4.69) is 11.8 Å². The highest BCUT2D eigenvalue weighted by Gasteiger charge is 2.19. The van der Waals surface area contributed by atoms with E-state index in [1.807, 2.05) is 12.1 Å². The van der Waals surface area contributed by atoms with Crippen LogP contribution in [-0.4, -0.2) is 18.0 Å². The Morgan fingerprint density at radius 3 is 2.53 bits per heavy atom. The molecule has 1 aromatic carbocycles. The van der Waals surface area contributed by atoms with Crippen LogP contribution in [-0.2, 0) is 0 Å². The van der Waals surface area contributed by atoms with Crippen LogP contribution in [0.3, 0.4) is 0 Å². The maximum atomic E-state index is 10.5. The van der Waals surface area contributed by atoms with Crippen LogP contribution < -0.4 is 4.90 Å². The van der Waals surface area contributed by atoms with E-state index >= 15 is 0 Å². The van der Waals surface area contributed by atoms with Crippen molar-refractivity contribution in [3.63, 3.8) is 0 Å². The minimum absolute atomic E-state index is 0.158. The molecule has 1 aliphatic heterocycles. The first-order valence-electron chi connectivity index (χ1n) is 5.16. The lowest BCUT2D eigenvalue weighted by Crippen LogP contribution is -2.18. The Kier molecular flexibility index (Phi) is 2.58. The first-order valence-corrected chi connectivity index (χ1v) is 5.16. The van der Waals surface area contributed by atoms with Crippen LogP contribution in [0.25, 0.3) is 0 Å². The molecule has 4 nitrogen and oxygen atoms in total. The summed E-state index contributed by atoms with van der Waals surface area (Å²) in [5.74, 6) is 0.722. The molecule has 1 saturated heterocycles. The van der Waals surface area contributed by atoms with Crippen molar-refractivity contribution in [3.8, 4) is 0 Å². The molecule has 1 unspecified atom stereocenters. The lowest BCUT2D eigenvalue weighted by molar-refractivity contribution is -0.384. The van der Waals surface area contributed by atoms with Gasteiger partial charge in [-0.05, 0) is 24.5 Å². The van der Waals surface area contributed by atoms with E-state index < -0.39 is 0 Å². The average Bonchev–Trinajstić information content (AvgIpc) is 2.65. The second-order valence-corrected chi connectivity index (χ2v) is 4.11. The molecule has 15 heavy (non-hydrogen) atoms. The van der Waals surface area contributed by atoms with Gasteiger partial charge in [-0.15, -0.1) is 0 Å². The molecule has 0 N–H and O–H groups in total. The zero-order chi connectivity index (χ0) is 10.8. The predicted molar refractivity (Wildman–Crippen MR) is 59.1 cm³/mol. The van der Waals surface area contributed by atoms with Crippen molar-refractivity contribution in [3.05, 3.63) is 34.4 Å². The number of anilines is 1. The number of nitro benzene ring substituents is 1. The van der Waals surface area contributed by atoms with E-state index in [1.165, 1.54) is 6.42 Å². The van der Waals surface area contributed by atoms with Crippen LogP contribution in [0.15, 0.2) is 24.3 Å². The van der Waals surface area contributed by atoms with E-state index in [0.29, 0.717) is 0 Å². The Hall–Kier alpha value is -1.58. The maximum Gasteiger partial charge on any atom is 0.269 e. The van der Waals surface area contributed by atoms with E-state index in [0.717, 1.165) is 24.7 Å². The molecule has 0 bridgehead atoms. The lowest BCUT2D eigenvalue weighted by atomic mass is 10.2. The average molecular weight is 206 g/mol. The summed E-state index contributed by atoms with van der Waals surface area (Å²) in [5, 5.41) is 10.5. The Balaban J connectivity index is 2.13. The molecule has 0 saturated carbocycles. The monoisotopic (exact) mass is 206 g/mol. The van der Waals surface area contributed by atoms with Crippen molar-refractivity contribution >= 4 is 11.4 Å². The highest BCUT2D eigenvalue weighted by molar-refractivity contribution is 5.51. The van der Waals surface area contributed by atoms with E-state index in [-0.39, 0.29) is 10.6 Å². The molecule has 1 fully saturated rings. The highest BCUT2D eigenvalue weighted by atomic mass is 16.6. The van der Waals surface area contributed by atoms with Crippen molar-refractivity contribution in [1.82, 2.24) is 0 Å². The Morgan fingerprint density at radius 1 is 1.40 bits per heavy atom. The van der Waals surface area contributed by atoms with Gasteiger partial charge in [0.05, 0.1) is 4.92 Å². The predicted octanol–water partition coefficient (Wildman–Crippen LogP) is 2.44. The zero-order valence-electron chi connectivity index (χ0n) is 8.72. The van der Waals surface area contributed by atoms with Crippen molar-refractivity contribution < 1.29 is 4.92 Å². The van der Waals surface area contributed by atoms with Gasteiger partial charge in [0.25, 0.3) is 5.69 Å². The van der Waals surface area contributed by atoms with Crippen LogP contribution in [0.4, 0.5) is 11.4 Å². The summed E-state index contributed by atoms with van der Waals surface area (Å²) >= 11 is 0. The van der Waals surface area contributed by atoms with Crippen LogP contribution >= 0.6 is 0 Å². The third-order valence-corrected chi connectivity index (χ3v) is 2.85. The molecule has 1 aliphatic rings. The number of benzene rings is 1. The van der Waals surface area contributed by atoms with Crippen LogP contribution in [0.1, 0.15) is 13.3 Å². The number of hydrogen-bond acceptors (Lipinski definition) is 3. The van der Waals surface area contributed by atoms with Gasteiger partial charge in [0.15, 0.2) is 0 Å². The molecule has 80 valence electrons. The summed E-state index contributed by atoms with van der Waals surface area (Å²) in [5.41, 5.74) is 1.25. The number of nitro groups is 1. The van der Waals surface area contributed by atoms with Gasteiger partial charge in [-0.2, -0.15) is 0 Å². The highest BCUT2D eigenvalue weighted by Crippen LogP contribution is 2.25. The minimum atomic E-state index is -0.365. The molecule has 0 radical (unpaired) electrons. The summed E-state index contributed by atoms with van der Waals surface area (Å²) in [6.45, 7) is 4.34. The largest absolute Gasteiger partial charge is 0.371 e. The van der Waals surface area contributed by atoms with E-state index in [4.69, 9.17) is 0 Å². The standard InChI is InChI=1S/C11H14N2O2/c1-9-6-7-12(8-9)10-2-4-11(5-3-10)13(14)15/h2-5,9H,6-8H2,1H3. The van der Waals surface area contributed by atoms with Crippen LogP contribution in [0, 0.1) is 16.0 Å². The molecule has 0 aliphatic carbocycles. The van der Waals surface area contributed by atoms with E-state index in [1.54, 1.807) is 12.1 Å². The second kappa shape index (κ2) is 3.88. The quantitative estimate of drug-likeness (QED) is 0.551. The normalized spacial score (nSPS) is 20.6. The molecule has 0 amide bonds. The van der Waals surface area contributed by atoms with Gasteiger partial charge in [-0.25, -0.2) is 0 Å². The lowest BCUT2D eigenvalue weighted by Gasteiger charge is -2.17. The molecule has 1 atom stereocenters. The molecule has 0 spiro atoms. The van der Waals surface area contributed by atoms with Crippen molar-refractivity contribution in [2.45, 2.75) is 13.3 Å². The SMILES string of the molecule is CC1CCN(c2ccc([N+](=O)[O-])cc2)C1. The molecule has 4 heteroatoms. The Bertz CT molecular complexity index is 361. The van der Waals surface area contributed by atoms with Gasteiger partial charge in [-0.1, -0.05) is 6.92 Å². The molecular formula is C11H14N2O2. The third kappa shape index (κ3) is 2.09. The molecule has 1 aromatic rings. The number of non-ortho nitro benzene ring substituents is 1. The summed E-state index contributed by atoms with van der Waals surface area (Å²) < 4.78 is 0. The van der Waals surface area contributed by atoms with Gasteiger partial charge < -0.3 is 4.90 Å². The first-order chi connectivity index (χ1) is 7.16. The Morgan fingerprint density at radius 2 is 2.07 bits per heavy atom. The first kappa shape index (κ1) is 9.96. The topological polar surface area (TPSA) is 46.4 Å². The molecule has 2 rings (SSSR count). The van der Waals surface area contributed by atoms with Gasteiger partial charge in [0.2, 0.25) is 0 Å². The second-order valence-electron chi connectivity index (χ2n) is 4.11. The van der Waals surface area contributed by atoms with Crippen LogP contribution in [0.5, 0.6) is 0 Å². The molecular weight excluding hydrogens is 192 g/mol. The number of hydrogen-bond donors (Lipinski definition) is 0. The summed E-state index contributed by atoms with van der Waals surface area (Å²) in [4.78, 5) is 12.4. The summed E-state index contributed by atoms with van der Waals surface area (Å²) in [6.07, 6.45) is 1.21. The van der Waals surface area contributed by atoms with Gasteiger partial charge >= 0.3 is 0 Å². The summed E-state index contributed by atoms with van der Waals surface area (Å²) in [7, 11) is 0. The maximum absolute atomic E-state index is 10.5. The van der Waals surface area contributed by atoms with Gasteiger partial charge in [0.1, 0.15) is 0 Å². The fourth-order valence-corrected chi connectivity index (χ4v) is 1.95. The van der Waals surface area contributed by atoms with Gasteiger partial charge in [0, 0.05) is 30.9 Å². The van der Waals surface area contributed by atoms with Crippen LogP contribution in [0.2, 0.25) is 0 Å². The third-order valence-electron chi connectivity index (χ3n) is 2.85. The number of rotatable bonds is 2.